The van der Waals surface area contributed by atoms with Crippen molar-refractivity contribution in [2.75, 3.05) is 0 Å². The highest BCUT2D eigenvalue weighted by Crippen LogP contribution is 2.98. The molecule has 4 aliphatic carbocycles. The zero-order valence-corrected chi connectivity index (χ0v) is 18.6. The summed E-state index contributed by atoms with van der Waals surface area (Å²) in [6.07, 6.45) is -28.3. The van der Waals surface area contributed by atoms with E-state index in [0.29, 0.717) is 0 Å². The van der Waals surface area contributed by atoms with Crippen molar-refractivity contribution in [3.05, 3.63) is 0 Å². The first-order valence-electron chi connectivity index (χ1n) is 9.79. The first-order valence-corrected chi connectivity index (χ1v) is 9.79. The highest BCUT2D eigenvalue weighted by Gasteiger charge is 3.28. The minimum absolute atomic E-state index is 9.24. The molecule has 0 amide bonds. The fourth-order valence-corrected chi connectivity index (χ4v) is 6.37. The normalized spacial score (nSPS) is 39.0. The minimum Gasteiger partial charge on any atom is -0.229 e. The smallest absolute Gasteiger partial charge is 0.229 e. The van der Waals surface area contributed by atoms with Crippen LogP contribution < -0.4 is 0 Å². The Kier molecular flexibility index (Phi) is 6.17. The monoisotopic (exact) mass is 724 g/mol. The summed E-state index contributed by atoms with van der Waals surface area (Å²) in [4.78, 5) is 0. The molecule has 4 saturated carbocycles. The molecule has 0 heterocycles. The Bertz CT molecular complexity index is 1170. The summed E-state index contributed by atoms with van der Waals surface area (Å²) in [7, 11) is 0. The molecule has 0 saturated heterocycles. The predicted molar refractivity (Wildman–Crippen MR) is 74.1 cm³/mol. The van der Waals surface area contributed by atoms with Crippen molar-refractivity contribution in [1.29, 1.82) is 0 Å². The largest absolute Gasteiger partial charge is 0.454 e. The maximum atomic E-state index is 15.9. The first kappa shape index (κ1) is 36.5. The van der Waals surface area contributed by atoms with E-state index in [-0.39, 0.29) is 0 Å². The van der Waals surface area contributed by atoms with E-state index in [9.17, 15) is 92.2 Å². The molecule has 0 N–H and O–H groups in total. The molecular formula is C16F28. The molecule has 4 aliphatic rings. The molecule has 0 radical (unpaired) electrons. The van der Waals surface area contributed by atoms with Gasteiger partial charge in [-0.05, 0) is 0 Å². The van der Waals surface area contributed by atoms with Crippen LogP contribution in [0.5, 0.6) is 0 Å². The van der Waals surface area contributed by atoms with E-state index in [0.717, 1.165) is 0 Å². The van der Waals surface area contributed by atoms with Crippen LogP contribution in [0.3, 0.4) is 0 Å². The van der Waals surface area contributed by atoms with Gasteiger partial charge in [0, 0.05) is 0 Å². The highest BCUT2D eigenvalue weighted by molar-refractivity contribution is 5.57. The summed E-state index contributed by atoms with van der Waals surface area (Å²) in [6.45, 7) is 0. The molecule has 0 aromatic heterocycles. The molecule has 260 valence electrons. The second kappa shape index (κ2) is 7.44. The van der Waals surface area contributed by atoms with E-state index in [4.69, 9.17) is 0 Å². The van der Waals surface area contributed by atoms with Gasteiger partial charge in [0.25, 0.3) is 5.67 Å². The molecule has 0 aromatic carbocycles. The second-order valence-corrected chi connectivity index (χ2v) is 9.56. The zero-order chi connectivity index (χ0) is 36.0. The number of hydrogen-bond donors (Lipinski definition) is 0. The topological polar surface area (TPSA) is 0 Å². The van der Waals surface area contributed by atoms with E-state index in [1.807, 2.05) is 0 Å². The molecule has 4 bridgehead atoms. The molecule has 0 spiro atoms. The van der Waals surface area contributed by atoms with E-state index >= 15 is 30.7 Å². The predicted octanol–water partition coefficient (Wildman–Crippen LogP) is 8.89. The molecule has 4 rings (SSSR count). The lowest BCUT2D eigenvalue weighted by Crippen LogP contribution is -3.12. The number of hydrogen-bond acceptors (Lipinski definition) is 0. The van der Waals surface area contributed by atoms with Crippen molar-refractivity contribution in [3.63, 3.8) is 0 Å². The van der Waals surface area contributed by atoms with Crippen LogP contribution in [0.4, 0.5) is 123 Å². The standard InChI is InChI=1S/C16F28/c17-3-1(8(24,25)14(36,37)38,9(26,27)15(39,40)41)2(10(28,29)16(42,43)44)6(20,21)4(18,11(3,30)31)13(34,35)5(19,7(2,22)23)12(3,32)33. The Morgan fingerprint density at radius 3 is 0.659 bits per heavy atom. The Labute approximate surface area is 218 Å². The number of rotatable bonds is 3. The van der Waals surface area contributed by atoms with Crippen molar-refractivity contribution >= 4 is 0 Å². The van der Waals surface area contributed by atoms with Gasteiger partial charge in [0.2, 0.25) is 0 Å². The molecule has 0 nitrogen and oxygen atoms in total. The average Bonchev–Trinajstić information content (AvgIpc) is 2.74. The van der Waals surface area contributed by atoms with E-state index in [1.165, 1.54) is 0 Å². The van der Waals surface area contributed by atoms with Crippen molar-refractivity contribution in [1.82, 2.24) is 0 Å². The van der Waals surface area contributed by atoms with Gasteiger partial charge in [0.05, 0.1) is 0 Å². The number of alkyl halides is 28. The van der Waals surface area contributed by atoms with Gasteiger partial charge in [-0.25, -0.2) is 30.7 Å². The van der Waals surface area contributed by atoms with Gasteiger partial charge in [-0.15, -0.1) is 0 Å². The van der Waals surface area contributed by atoms with Crippen LogP contribution in [0.2, 0.25) is 0 Å². The van der Waals surface area contributed by atoms with Crippen LogP contribution in [0.15, 0.2) is 0 Å². The van der Waals surface area contributed by atoms with Gasteiger partial charge in [-0.1, -0.05) is 0 Å². The lowest BCUT2D eigenvalue weighted by Gasteiger charge is -2.80. The van der Waals surface area contributed by atoms with Crippen LogP contribution in [-0.4, -0.2) is 82.9 Å². The fourth-order valence-electron chi connectivity index (χ4n) is 6.37. The van der Waals surface area contributed by atoms with E-state index in [2.05, 4.69) is 0 Å². The minimum atomic E-state index is -11.0. The molecular weight excluding hydrogens is 724 g/mol. The van der Waals surface area contributed by atoms with Gasteiger partial charge < -0.3 is 0 Å². The molecule has 2 atom stereocenters. The Morgan fingerprint density at radius 2 is 0.455 bits per heavy atom. The first-order chi connectivity index (χ1) is 18.5. The summed E-state index contributed by atoms with van der Waals surface area (Å²) in [5.74, 6) is -80.1. The van der Waals surface area contributed by atoms with Gasteiger partial charge in [0.15, 0.2) is 10.8 Å². The molecule has 2 unspecified atom stereocenters. The van der Waals surface area contributed by atoms with Crippen LogP contribution >= 0.6 is 0 Å². The quantitative estimate of drug-likeness (QED) is 0.255. The third-order valence-corrected chi connectivity index (χ3v) is 7.96. The molecule has 4 fully saturated rings. The van der Waals surface area contributed by atoms with Crippen LogP contribution in [0, 0.1) is 10.8 Å². The highest BCUT2D eigenvalue weighted by atomic mass is 19.4. The van der Waals surface area contributed by atoms with Crippen molar-refractivity contribution in [2.45, 2.75) is 82.9 Å². The Morgan fingerprint density at radius 1 is 0.250 bits per heavy atom. The maximum Gasteiger partial charge on any atom is 0.454 e. The van der Waals surface area contributed by atoms with Crippen molar-refractivity contribution < 1.29 is 123 Å². The van der Waals surface area contributed by atoms with Gasteiger partial charge in [0.1, 0.15) is 0 Å². The van der Waals surface area contributed by atoms with Gasteiger partial charge in [-0.3, -0.25) is 0 Å². The summed E-state index contributed by atoms with van der Waals surface area (Å²) in [6, 6.07) is 0. The van der Waals surface area contributed by atoms with Crippen LogP contribution in [0.25, 0.3) is 0 Å². The van der Waals surface area contributed by atoms with E-state index < -0.39 is 93.7 Å². The average molecular weight is 724 g/mol. The molecule has 0 aliphatic heterocycles. The molecule has 28 heteroatoms. The summed E-state index contributed by atoms with van der Waals surface area (Å²) >= 11 is 0. The molecule has 0 aromatic rings. The summed E-state index contributed by atoms with van der Waals surface area (Å²) < 4.78 is 403. The second-order valence-electron chi connectivity index (χ2n) is 9.56. The summed E-state index contributed by atoms with van der Waals surface area (Å²) in [5, 5.41) is 0. The lowest BCUT2D eigenvalue weighted by molar-refractivity contribution is -0.664. The van der Waals surface area contributed by atoms with Gasteiger partial charge in [-0.2, -0.15) is 92.2 Å². The van der Waals surface area contributed by atoms with Gasteiger partial charge >= 0.3 is 77.2 Å². The summed E-state index contributed by atoms with van der Waals surface area (Å²) in [5.41, 5.74) is -51.1. The lowest BCUT2D eigenvalue weighted by atomic mass is 9.26. The van der Waals surface area contributed by atoms with Crippen LogP contribution in [-0.2, 0) is 0 Å². The maximum absolute atomic E-state index is 15.9. The van der Waals surface area contributed by atoms with E-state index in [1.54, 1.807) is 0 Å². The van der Waals surface area contributed by atoms with Crippen molar-refractivity contribution in [3.8, 4) is 0 Å². The fraction of sp³-hybridized carbons (Fsp3) is 1.00. The zero-order valence-electron chi connectivity index (χ0n) is 18.6. The third-order valence-electron chi connectivity index (χ3n) is 7.96. The Hall–Kier alpha value is -1.96. The SMILES string of the molecule is FC(F)(F)C(F)(F)C12C(F)(F)C3(F)C(F)(F)C(F)(C(F)(F)C(F)(C3(F)F)C1(C(F)(F)C(F)(F)F)C(F)(F)C(F)(F)F)C2(F)F. The van der Waals surface area contributed by atoms with Crippen LogP contribution in [0.1, 0.15) is 0 Å². The molecule has 44 heavy (non-hydrogen) atoms. The number of halogens is 28. The Balaban J connectivity index is 3.20. The van der Waals surface area contributed by atoms with Crippen molar-refractivity contribution in [2.24, 2.45) is 10.8 Å². The third kappa shape index (κ3) is 2.38.